The van der Waals surface area contributed by atoms with E-state index in [-0.39, 0.29) is 6.42 Å². The molecule has 0 radical (unpaired) electrons. The third-order valence-electron chi connectivity index (χ3n) is 2.51. The number of hydrogen-bond donors (Lipinski definition) is 2. The van der Waals surface area contributed by atoms with Crippen molar-refractivity contribution >= 4 is 21.9 Å². The minimum atomic E-state index is -3.62. The molecule has 0 saturated heterocycles. The lowest BCUT2D eigenvalue weighted by atomic mass is 10.1. The zero-order valence-corrected chi connectivity index (χ0v) is 12.9. The summed E-state index contributed by atoms with van der Waals surface area (Å²) in [5, 5.41) is 18.9. The second-order valence-corrected chi connectivity index (χ2v) is 7.21. The third-order valence-corrected chi connectivity index (χ3v) is 4.18. The second-order valence-electron chi connectivity index (χ2n) is 4.44. The summed E-state index contributed by atoms with van der Waals surface area (Å²) in [7, 11) is -3.62. The highest BCUT2D eigenvalue weighted by Gasteiger charge is 2.18. The minimum absolute atomic E-state index is 0.0962. The van der Waals surface area contributed by atoms with Crippen LogP contribution in [-0.2, 0) is 14.3 Å². The second kappa shape index (κ2) is 8.63. The van der Waals surface area contributed by atoms with Crippen LogP contribution in [0.2, 0.25) is 0 Å². The van der Waals surface area contributed by atoms with Gasteiger partial charge >= 0.3 is 0 Å². The van der Waals surface area contributed by atoms with Crippen LogP contribution in [0.1, 0.15) is 12.8 Å². The van der Waals surface area contributed by atoms with E-state index in [9.17, 15) is 13.5 Å². The van der Waals surface area contributed by atoms with E-state index < -0.39 is 28.9 Å². The number of aliphatic hydroxyl groups is 2. The largest absolute Gasteiger partial charge is 0.394 e. The molecule has 2 atom stereocenters. The fourth-order valence-electron chi connectivity index (χ4n) is 1.64. The fourth-order valence-corrected chi connectivity index (χ4v) is 3.25. The number of rotatable bonds is 9. The normalized spacial score (nSPS) is 14.9. The van der Waals surface area contributed by atoms with E-state index in [1.165, 1.54) is 0 Å². The summed E-state index contributed by atoms with van der Waals surface area (Å²) in [5.74, 6) is 0.711. The molecule has 0 aliphatic rings. The molecule has 0 aliphatic heterocycles. The van der Waals surface area contributed by atoms with E-state index in [1.54, 1.807) is 11.8 Å². The first-order chi connectivity index (χ1) is 9.40. The van der Waals surface area contributed by atoms with Gasteiger partial charge in [-0.15, -0.1) is 11.8 Å². The summed E-state index contributed by atoms with van der Waals surface area (Å²) in [4.78, 5) is 1.12. The molecule has 114 valence electrons. The summed E-state index contributed by atoms with van der Waals surface area (Å²) in [5.41, 5.74) is 0. The summed E-state index contributed by atoms with van der Waals surface area (Å²) >= 11 is 1.62. The summed E-state index contributed by atoms with van der Waals surface area (Å²) in [6.07, 6.45) is -0.0677. The predicted octanol–water partition coefficient (Wildman–Crippen LogP) is 1.26. The van der Waals surface area contributed by atoms with Crippen molar-refractivity contribution in [2.75, 3.05) is 18.6 Å². The molecular weight excluding hydrogens is 300 g/mol. The first kappa shape index (κ1) is 17.5. The highest BCUT2D eigenvalue weighted by Crippen LogP contribution is 2.19. The quantitative estimate of drug-likeness (QED) is 0.526. The lowest BCUT2D eigenvalue weighted by Crippen LogP contribution is -2.27. The van der Waals surface area contributed by atoms with Crippen LogP contribution in [0.5, 0.6) is 0 Å². The Kier molecular flexibility index (Phi) is 7.53. The molecule has 0 spiro atoms. The summed E-state index contributed by atoms with van der Waals surface area (Å²) < 4.78 is 26.6. The Morgan fingerprint density at radius 2 is 1.95 bits per heavy atom. The molecule has 1 aromatic rings. The number of thioether (sulfide) groups is 1. The standard InChI is InChI=1S/C13H20O5S2/c1-20(16,17)18-12(10-14)9-11(15)7-8-19-13-5-3-2-4-6-13/h2-6,11-12,14-15H,7-10H2,1H3/t11-,12-/m1/s1. The molecule has 0 amide bonds. The van der Waals surface area contributed by atoms with Crippen LogP contribution in [0.25, 0.3) is 0 Å². The Hall–Kier alpha value is -0.600. The smallest absolute Gasteiger partial charge is 0.264 e. The van der Waals surface area contributed by atoms with E-state index in [0.717, 1.165) is 11.2 Å². The van der Waals surface area contributed by atoms with Crippen LogP contribution in [0, 0.1) is 0 Å². The Labute approximate surface area is 124 Å². The molecule has 1 aromatic carbocycles. The van der Waals surface area contributed by atoms with Gasteiger partial charge in [-0.25, -0.2) is 0 Å². The van der Waals surface area contributed by atoms with Crippen LogP contribution >= 0.6 is 11.8 Å². The molecule has 7 heteroatoms. The van der Waals surface area contributed by atoms with E-state index in [1.807, 2.05) is 30.3 Å². The number of hydrogen-bond acceptors (Lipinski definition) is 6. The molecule has 1 rings (SSSR count). The topological polar surface area (TPSA) is 83.8 Å². The Morgan fingerprint density at radius 1 is 1.30 bits per heavy atom. The molecule has 0 saturated carbocycles. The molecule has 2 N–H and O–H groups in total. The summed E-state index contributed by atoms with van der Waals surface area (Å²) in [6.45, 7) is -0.435. The third kappa shape index (κ3) is 7.86. The molecule has 0 aliphatic carbocycles. The lowest BCUT2D eigenvalue weighted by molar-refractivity contribution is 0.0602. The van der Waals surface area contributed by atoms with Gasteiger partial charge < -0.3 is 10.2 Å². The number of benzene rings is 1. The van der Waals surface area contributed by atoms with E-state index in [2.05, 4.69) is 4.18 Å². The average molecular weight is 320 g/mol. The lowest BCUT2D eigenvalue weighted by Gasteiger charge is -2.17. The molecule has 0 bridgehead atoms. The first-order valence-corrected chi connectivity index (χ1v) is 9.06. The maximum absolute atomic E-state index is 11.0. The van der Waals surface area contributed by atoms with Crippen LogP contribution < -0.4 is 0 Å². The maximum atomic E-state index is 11.0. The molecule has 0 heterocycles. The monoisotopic (exact) mass is 320 g/mol. The van der Waals surface area contributed by atoms with Crippen molar-refractivity contribution in [3.63, 3.8) is 0 Å². The van der Waals surface area contributed by atoms with Crippen molar-refractivity contribution in [2.24, 2.45) is 0 Å². The van der Waals surface area contributed by atoms with Crippen LogP contribution in [0.15, 0.2) is 35.2 Å². The van der Waals surface area contributed by atoms with Gasteiger partial charge in [0.1, 0.15) is 6.10 Å². The average Bonchev–Trinajstić information content (AvgIpc) is 2.37. The number of aliphatic hydroxyl groups excluding tert-OH is 2. The predicted molar refractivity (Wildman–Crippen MR) is 79.2 cm³/mol. The SMILES string of the molecule is CS(=O)(=O)O[C@@H](CO)C[C@H](O)CCSc1ccccc1. The van der Waals surface area contributed by atoms with Gasteiger partial charge in [-0.3, -0.25) is 4.18 Å². The maximum Gasteiger partial charge on any atom is 0.264 e. The summed E-state index contributed by atoms with van der Waals surface area (Å²) in [6, 6.07) is 9.80. The molecule has 5 nitrogen and oxygen atoms in total. The molecule has 0 aromatic heterocycles. The molecular formula is C13H20O5S2. The van der Waals surface area contributed by atoms with Gasteiger partial charge in [-0.05, 0) is 18.6 Å². The minimum Gasteiger partial charge on any atom is -0.394 e. The first-order valence-electron chi connectivity index (χ1n) is 6.25. The van der Waals surface area contributed by atoms with Gasteiger partial charge in [0.05, 0.1) is 19.0 Å². The van der Waals surface area contributed by atoms with Crippen molar-refractivity contribution < 1.29 is 22.8 Å². The van der Waals surface area contributed by atoms with Crippen molar-refractivity contribution in [1.29, 1.82) is 0 Å². The van der Waals surface area contributed by atoms with Gasteiger partial charge in [0.25, 0.3) is 10.1 Å². The fraction of sp³-hybridized carbons (Fsp3) is 0.538. The zero-order chi connectivity index (χ0) is 15.0. The van der Waals surface area contributed by atoms with Gasteiger partial charge in [0.2, 0.25) is 0 Å². The Bertz CT molecular complexity index is 475. The van der Waals surface area contributed by atoms with Crippen molar-refractivity contribution in [3.8, 4) is 0 Å². The van der Waals surface area contributed by atoms with Crippen molar-refractivity contribution in [3.05, 3.63) is 30.3 Å². The van der Waals surface area contributed by atoms with E-state index in [0.29, 0.717) is 12.2 Å². The highest BCUT2D eigenvalue weighted by atomic mass is 32.2. The zero-order valence-electron chi connectivity index (χ0n) is 11.3. The van der Waals surface area contributed by atoms with Crippen molar-refractivity contribution in [2.45, 2.75) is 29.9 Å². The Balaban J connectivity index is 2.30. The molecule has 0 unspecified atom stereocenters. The van der Waals surface area contributed by atoms with Crippen LogP contribution in [-0.4, -0.2) is 49.5 Å². The van der Waals surface area contributed by atoms with Gasteiger partial charge in [-0.2, -0.15) is 8.42 Å². The van der Waals surface area contributed by atoms with Gasteiger partial charge in [-0.1, -0.05) is 18.2 Å². The highest BCUT2D eigenvalue weighted by molar-refractivity contribution is 7.99. The van der Waals surface area contributed by atoms with E-state index >= 15 is 0 Å². The van der Waals surface area contributed by atoms with Crippen LogP contribution in [0.3, 0.4) is 0 Å². The van der Waals surface area contributed by atoms with E-state index in [4.69, 9.17) is 5.11 Å². The van der Waals surface area contributed by atoms with Crippen molar-refractivity contribution in [1.82, 2.24) is 0 Å². The van der Waals surface area contributed by atoms with Crippen LogP contribution in [0.4, 0.5) is 0 Å². The Morgan fingerprint density at radius 3 is 2.50 bits per heavy atom. The molecule has 0 fully saturated rings. The van der Waals surface area contributed by atoms with Gasteiger partial charge in [0, 0.05) is 17.1 Å². The van der Waals surface area contributed by atoms with Gasteiger partial charge in [0.15, 0.2) is 0 Å². The molecule has 20 heavy (non-hydrogen) atoms.